The van der Waals surface area contributed by atoms with Crippen LogP contribution >= 0.6 is 15.9 Å². The maximum absolute atomic E-state index is 12.6. The number of ether oxygens (including phenoxy) is 1. The highest BCUT2D eigenvalue weighted by molar-refractivity contribution is 9.09. The molecular formula is C20H28BrN3O6. The van der Waals surface area contributed by atoms with Gasteiger partial charge in [0.1, 0.15) is 24.5 Å². The number of benzene rings is 1. The van der Waals surface area contributed by atoms with Crippen molar-refractivity contribution in [2.24, 2.45) is 5.73 Å². The maximum Gasteiger partial charge on any atom is 0.408 e. The first-order valence-electron chi connectivity index (χ1n) is 9.65. The summed E-state index contributed by atoms with van der Waals surface area (Å²) in [6, 6.07) is 6.84. The molecule has 2 amide bonds. The summed E-state index contributed by atoms with van der Waals surface area (Å²) >= 11 is 3.01. The van der Waals surface area contributed by atoms with Crippen LogP contribution in [0.25, 0.3) is 0 Å². The number of amides is 2. The Balaban J connectivity index is 2.68. The molecule has 0 aliphatic carbocycles. The number of carboxylic acid groups (broad SMARTS) is 1. The molecule has 1 aromatic carbocycles. The van der Waals surface area contributed by atoms with Crippen molar-refractivity contribution in [1.29, 1.82) is 0 Å². The van der Waals surface area contributed by atoms with E-state index in [2.05, 4.69) is 26.6 Å². The van der Waals surface area contributed by atoms with Crippen LogP contribution in [0.5, 0.6) is 0 Å². The van der Waals surface area contributed by atoms with E-state index in [-0.39, 0.29) is 37.0 Å². The standard InChI is InChI=1S/C20H28BrN3O6/c21-12-15(25)9-10-17(19(27)28)23-18(26)16(8-4-5-11-22)24-20(29)30-13-14-6-2-1-3-7-14/h1-3,6-7,16-17H,4-5,8-13,22H2,(H,23,26)(H,24,29)(H,27,28)/t16-,17-/m0/s1. The monoisotopic (exact) mass is 485 g/mol. The molecule has 0 fully saturated rings. The third-order valence-corrected chi connectivity index (χ3v) is 4.87. The molecule has 0 aromatic heterocycles. The molecule has 1 aromatic rings. The number of hydrogen-bond donors (Lipinski definition) is 4. The van der Waals surface area contributed by atoms with Gasteiger partial charge in [0.2, 0.25) is 5.91 Å². The fourth-order valence-electron chi connectivity index (χ4n) is 2.57. The average molecular weight is 486 g/mol. The predicted octanol–water partition coefficient (Wildman–Crippen LogP) is 1.72. The van der Waals surface area contributed by atoms with Crippen molar-refractivity contribution in [3.8, 4) is 0 Å². The van der Waals surface area contributed by atoms with Gasteiger partial charge in [0.05, 0.1) is 5.33 Å². The summed E-state index contributed by atoms with van der Waals surface area (Å²) in [6.07, 6.45) is 0.663. The van der Waals surface area contributed by atoms with Gasteiger partial charge in [-0.1, -0.05) is 46.3 Å². The molecule has 0 saturated carbocycles. The van der Waals surface area contributed by atoms with Crippen molar-refractivity contribution in [1.82, 2.24) is 10.6 Å². The van der Waals surface area contributed by atoms with Gasteiger partial charge in [0.15, 0.2) is 0 Å². The topological polar surface area (TPSA) is 148 Å². The molecule has 0 heterocycles. The van der Waals surface area contributed by atoms with Crippen LogP contribution in [0.15, 0.2) is 30.3 Å². The lowest BCUT2D eigenvalue weighted by atomic mass is 10.1. The Morgan fingerprint density at radius 1 is 1.03 bits per heavy atom. The number of alkyl carbamates (subject to hydrolysis) is 1. The molecule has 0 aliphatic rings. The summed E-state index contributed by atoms with van der Waals surface area (Å²) in [6.45, 7) is 0.468. The van der Waals surface area contributed by atoms with Gasteiger partial charge in [-0.25, -0.2) is 9.59 Å². The zero-order chi connectivity index (χ0) is 22.4. The summed E-state index contributed by atoms with van der Waals surface area (Å²) in [5.74, 6) is -2.07. The third kappa shape index (κ3) is 10.4. The molecule has 5 N–H and O–H groups in total. The number of carboxylic acids is 1. The molecule has 0 spiro atoms. The molecule has 0 unspecified atom stereocenters. The number of Topliss-reactive ketones (excluding diaryl/α,β-unsaturated/α-hetero) is 1. The van der Waals surface area contributed by atoms with Crippen LogP contribution in [0.1, 0.15) is 37.7 Å². The quantitative estimate of drug-likeness (QED) is 0.231. The van der Waals surface area contributed by atoms with Gasteiger partial charge in [0, 0.05) is 6.42 Å². The van der Waals surface area contributed by atoms with E-state index in [0.29, 0.717) is 19.4 Å². The Labute approximate surface area is 183 Å². The zero-order valence-corrected chi connectivity index (χ0v) is 18.2. The van der Waals surface area contributed by atoms with E-state index in [0.717, 1.165) is 5.56 Å². The van der Waals surface area contributed by atoms with Crippen LogP contribution in [0.3, 0.4) is 0 Å². The van der Waals surface area contributed by atoms with Crippen LogP contribution in [0, 0.1) is 0 Å². The fraction of sp³-hybridized carbons (Fsp3) is 0.500. The number of rotatable bonds is 14. The zero-order valence-electron chi connectivity index (χ0n) is 16.6. The Morgan fingerprint density at radius 3 is 2.33 bits per heavy atom. The van der Waals surface area contributed by atoms with Gasteiger partial charge in [-0.2, -0.15) is 0 Å². The minimum atomic E-state index is -1.25. The number of alkyl halides is 1. The minimum Gasteiger partial charge on any atom is -0.480 e. The molecule has 2 atom stereocenters. The van der Waals surface area contributed by atoms with Gasteiger partial charge in [-0.3, -0.25) is 9.59 Å². The van der Waals surface area contributed by atoms with Crippen LogP contribution in [0.4, 0.5) is 4.79 Å². The summed E-state index contributed by atoms with van der Waals surface area (Å²) in [7, 11) is 0. The Kier molecular flexibility index (Phi) is 12.4. The first-order chi connectivity index (χ1) is 14.4. The molecule has 166 valence electrons. The smallest absolute Gasteiger partial charge is 0.408 e. The van der Waals surface area contributed by atoms with E-state index in [9.17, 15) is 24.3 Å². The highest BCUT2D eigenvalue weighted by Gasteiger charge is 2.27. The van der Waals surface area contributed by atoms with Crippen LogP contribution in [0.2, 0.25) is 0 Å². The molecule has 30 heavy (non-hydrogen) atoms. The van der Waals surface area contributed by atoms with Gasteiger partial charge in [0.25, 0.3) is 0 Å². The Bertz CT molecular complexity index is 701. The highest BCUT2D eigenvalue weighted by atomic mass is 79.9. The highest BCUT2D eigenvalue weighted by Crippen LogP contribution is 2.06. The van der Waals surface area contributed by atoms with Crippen LogP contribution < -0.4 is 16.4 Å². The summed E-state index contributed by atoms with van der Waals surface area (Å²) < 4.78 is 5.14. The van der Waals surface area contributed by atoms with E-state index < -0.39 is 30.1 Å². The van der Waals surface area contributed by atoms with E-state index in [1.807, 2.05) is 18.2 Å². The largest absolute Gasteiger partial charge is 0.480 e. The summed E-state index contributed by atoms with van der Waals surface area (Å²) in [5, 5.41) is 14.3. The lowest BCUT2D eigenvalue weighted by molar-refractivity contribution is -0.142. The predicted molar refractivity (Wildman–Crippen MR) is 114 cm³/mol. The first kappa shape index (κ1) is 25.6. The van der Waals surface area contributed by atoms with E-state index >= 15 is 0 Å². The van der Waals surface area contributed by atoms with E-state index in [1.165, 1.54) is 0 Å². The van der Waals surface area contributed by atoms with Crippen molar-refractivity contribution in [2.45, 2.75) is 50.8 Å². The van der Waals surface area contributed by atoms with E-state index in [4.69, 9.17) is 10.5 Å². The second kappa shape index (κ2) is 14.5. The van der Waals surface area contributed by atoms with Crippen molar-refractivity contribution in [2.75, 3.05) is 11.9 Å². The maximum atomic E-state index is 12.6. The third-order valence-electron chi connectivity index (χ3n) is 4.24. The Hall–Kier alpha value is -2.46. The molecule has 0 aliphatic heterocycles. The van der Waals surface area contributed by atoms with Gasteiger partial charge in [-0.05, 0) is 37.8 Å². The normalized spacial score (nSPS) is 12.5. The lowest BCUT2D eigenvalue weighted by Gasteiger charge is -2.21. The number of hydrogen-bond acceptors (Lipinski definition) is 6. The molecule has 0 radical (unpaired) electrons. The number of nitrogens with two attached hydrogens (primary N) is 1. The molecular weight excluding hydrogens is 458 g/mol. The molecule has 0 saturated heterocycles. The number of ketones is 1. The molecule has 0 bridgehead atoms. The number of unbranched alkanes of at least 4 members (excludes halogenated alkanes) is 1. The molecule has 1 rings (SSSR count). The average Bonchev–Trinajstić information content (AvgIpc) is 2.74. The summed E-state index contributed by atoms with van der Waals surface area (Å²) in [5.41, 5.74) is 6.27. The first-order valence-corrected chi connectivity index (χ1v) is 10.8. The van der Waals surface area contributed by atoms with Gasteiger partial charge >= 0.3 is 12.1 Å². The summed E-state index contributed by atoms with van der Waals surface area (Å²) in [4.78, 5) is 47.6. The lowest BCUT2D eigenvalue weighted by Crippen LogP contribution is -2.51. The van der Waals surface area contributed by atoms with Crippen LogP contribution in [-0.4, -0.2) is 52.8 Å². The Morgan fingerprint density at radius 2 is 1.73 bits per heavy atom. The number of halogens is 1. The minimum absolute atomic E-state index is 0.00683. The SMILES string of the molecule is NCCCC[C@H](NC(=O)OCc1ccccc1)C(=O)N[C@@H](CCC(=O)CBr)C(=O)O. The fourth-order valence-corrected chi connectivity index (χ4v) is 2.85. The molecule has 9 nitrogen and oxygen atoms in total. The number of nitrogens with one attached hydrogen (secondary N) is 2. The van der Waals surface area contributed by atoms with E-state index in [1.54, 1.807) is 12.1 Å². The van der Waals surface area contributed by atoms with Crippen molar-refractivity contribution in [3.05, 3.63) is 35.9 Å². The van der Waals surface area contributed by atoms with Gasteiger partial charge in [-0.15, -0.1) is 0 Å². The van der Waals surface area contributed by atoms with Crippen LogP contribution in [-0.2, 0) is 25.7 Å². The second-order valence-electron chi connectivity index (χ2n) is 6.65. The van der Waals surface area contributed by atoms with Crippen molar-refractivity contribution >= 4 is 39.7 Å². The molecule has 10 heteroatoms. The van der Waals surface area contributed by atoms with Gasteiger partial charge < -0.3 is 26.2 Å². The number of carbonyl (C=O) groups is 4. The van der Waals surface area contributed by atoms with Crippen molar-refractivity contribution in [3.63, 3.8) is 0 Å². The van der Waals surface area contributed by atoms with Crippen molar-refractivity contribution < 1.29 is 29.0 Å². The number of carbonyl (C=O) groups excluding carboxylic acids is 3. The number of aliphatic carboxylic acids is 1. The second-order valence-corrected chi connectivity index (χ2v) is 7.21.